The zero-order chi connectivity index (χ0) is 11.4. The zero-order valence-corrected chi connectivity index (χ0v) is 10.8. The van der Waals surface area contributed by atoms with Gasteiger partial charge in [0.1, 0.15) is 0 Å². The molecule has 16 heavy (non-hydrogen) atoms. The molecule has 88 valence electrons. The summed E-state index contributed by atoms with van der Waals surface area (Å²) in [4.78, 5) is 0. The first kappa shape index (κ1) is 12.0. The third-order valence-corrected chi connectivity index (χ3v) is 4.59. The summed E-state index contributed by atoms with van der Waals surface area (Å²) in [6, 6.07) is 9.26. The quantitative estimate of drug-likeness (QED) is 0.867. The molecule has 1 aromatic carbocycles. The average Bonchev–Trinajstić information content (AvgIpc) is 2.29. The van der Waals surface area contributed by atoms with Gasteiger partial charge in [-0.25, -0.2) is 0 Å². The Morgan fingerprint density at radius 3 is 3.06 bits per heavy atom. The third-order valence-electron chi connectivity index (χ3n) is 3.19. The normalized spacial score (nSPS) is 21.5. The van der Waals surface area contributed by atoms with Crippen LogP contribution in [0.3, 0.4) is 0 Å². The highest BCUT2D eigenvalue weighted by Crippen LogP contribution is 2.33. The number of fused-ring (bicyclic) bond motifs is 1. The number of hydrogen-bond acceptors (Lipinski definition) is 2. The van der Waals surface area contributed by atoms with Crippen molar-refractivity contribution in [3.63, 3.8) is 0 Å². The van der Waals surface area contributed by atoms with Crippen LogP contribution in [0.4, 0.5) is 0 Å². The SMILES string of the molecule is CC(N)CSCC1CCCc2ccccc21. The Kier molecular flexibility index (Phi) is 4.30. The second kappa shape index (κ2) is 5.74. The van der Waals surface area contributed by atoms with Crippen LogP contribution in [0.15, 0.2) is 24.3 Å². The van der Waals surface area contributed by atoms with Crippen molar-refractivity contribution in [2.45, 2.75) is 38.1 Å². The van der Waals surface area contributed by atoms with E-state index in [-0.39, 0.29) is 0 Å². The van der Waals surface area contributed by atoms with Crippen LogP contribution in [-0.2, 0) is 6.42 Å². The van der Waals surface area contributed by atoms with Crippen LogP contribution in [0.1, 0.15) is 36.8 Å². The molecular formula is C14H21NS. The molecule has 0 saturated carbocycles. The van der Waals surface area contributed by atoms with E-state index in [1.54, 1.807) is 11.1 Å². The van der Waals surface area contributed by atoms with Crippen molar-refractivity contribution in [1.82, 2.24) is 0 Å². The van der Waals surface area contributed by atoms with E-state index in [0.717, 1.165) is 11.7 Å². The largest absolute Gasteiger partial charge is 0.327 e. The minimum Gasteiger partial charge on any atom is -0.327 e. The fraction of sp³-hybridized carbons (Fsp3) is 0.571. The number of hydrogen-bond donors (Lipinski definition) is 1. The molecule has 1 aromatic rings. The van der Waals surface area contributed by atoms with Crippen LogP contribution < -0.4 is 5.73 Å². The number of aryl methyl sites for hydroxylation is 1. The molecular weight excluding hydrogens is 214 g/mol. The van der Waals surface area contributed by atoms with Gasteiger partial charge in [-0.15, -0.1) is 0 Å². The van der Waals surface area contributed by atoms with Crippen molar-refractivity contribution in [3.05, 3.63) is 35.4 Å². The van der Waals surface area contributed by atoms with Crippen LogP contribution in [0.25, 0.3) is 0 Å². The molecule has 0 spiro atoms. The topological polar surface area (TPSA) is 26.0 Å². The molecule has 1 aliphatic rings. The molecule has 2 unspecified atom stereocenters. The molecule has 0 aromatic heterocycles. The predicted molar refractivity (Wildman–Crippen MR) is 73.1 cm³/mol. The second-order valence-electron chi connectivity index (χ2n) is 4.80. The van der Waals surface area contributed by atoms with Crippen molar-refractivity contribution in [2.75, 3.05) is 11.5 Å². The molecule has 0 amide bonds. The average molecular weight is 235 g/mol. The molecule has 0 radical (unpaired) electrons. The lowest BCUT2D eigenvalue weighted by atomic mass is 9.84. The van der Waals surface area contributed by atoms with Crippen molar-refractivity contribution in [2.24, 2.45) is 5.73 Å². The van der Waals surface area contributed by atoms with E-state index in [0.29, 0.717) is 6.04 Å². The van der Waals surface area contributed by atoms with Crippen LogP contribution in [0.5, 0.6) is 0 Å². The van der Waals surface area contributed by atoms with Crippen LogP contribution in [-0.4, -0.2) is 17.5 Å². The smallest absolute Gasteiger partial charge is 0.0101 e. The van der Waals surface area contributed by atoms with Gasteiger partial charge in [0.05, 0.1) is 0 Å². The van der Waals surface area contributed by atoms with Crippen molar-refractivity contribution in [1.29, 1.82) is 0 Å². The zero-order valence-electron chi connectivity index (χ0n) is 9.99. The fourth-order valence-electron chi connectivity index (χ4n) is 2.42. The Bertz CT molecular complexity index is 335. The summed E-state index contributed by atoms with van der Waals surface area (Å²) in [5, 5.41) is 0. The Labute approximate surface area is 103 Å². The molecule has 2 heteroatoms. The maximum absolute atomic E-state index is 5.78. The van der Waals surface area contributed by atoms with Crippen LogP contribution in [0.2, 0.25) is 0 Å². The summed E-state index contributed by atoms with van der Waals surface area (Å²) < 4.78 is 0. The highest BCUT2D eigenvalue weighted by atomic mass is 32.2. The predicted octanol–water partition coefficient (Wildman–Crippen LogP) is 3.19. The third kappa shape index (κ3) is 3.02. The summed E-state index contributed by atoms with van der Waals surface area (Å²) in [6.45, 7) is 2.09. The molecule has 2 atom stereocenters. The van der Waals surface area contributed by atoms with E-state index in [1.165, 1.54) is 25.0 Å². The highest BCUT2D eigenvalue weighted by molar-refractivity contribution is 7.99. The first-order chi connectivity index (χ1) is 7.77. The summed E-state index contributed by atoms with van der Waals surface area (Å²) in [6.07, 6.45) is 3.97. The minimum atomic E-state index is 0.323. The number of thioether (sulfide) groups is 1. The van der Waals surface area contributed by atoms with Gasteiger partial charge in [-0.3, -0.25) is 0 Å². The first-order valence-corrected chi connectivity index (χ1v) is 7.34. The molecule has 1 nitrogen and oxygen atoms in total. The maximum Gasteiger partial charge on any atom is 0.0101 e. The molecule has 2 rings (SSSR count). The van der Waals surface area contributed by atoms with E-state index >= 15 is 0 Å². The van der Waals surface area contributed by atoms with Gasteiger partial charge in [0.25, 0.3) is 0 Å². The molecule has 2 N–H and O–H groups in total. The van der Waals surface area contributed by atoms with E-state index in [2.05, 4.69) is 31.2 Å². The summed E-state index contributed by atoms with van der Waals surface area (Å²) in [7, 11) is 0. The molecule has 0 fully saturated rings. The molecule has 1 aliphatic carbocycles. The standard InChI is InChI=1S/C14H21NS/c1-11(15)9-16-10-13-7-4-6-12-5-2-3-8-14(12)13/h2-3,5,8,11,13H,4,6-7,9-10,15H2,1H3. The Hall–Kier alpha value is -0.470. The van der Waals surface area contributed by atoms with E-state index < -0.39 is 0 Å². The Morgan fingerprint density at radius 2 is 2.25 bits per heavy atom. The van der Waals surface area contributed by atoms with Crippen LogP contribution >= 0.6 is 11.8 Å². The minimum absolute atomic E-state index is 0.323. The van der Waals surface area contributed by atoms with Crippen molar-refractivity contribution in [3.8, 4) is 0 Å². The van der Waals surface area contributed by atoms with Gasteiger partial charge in [0.2, 0.25) is 0 Å². The first-order valence-electron chi connectivity index (χ1n) is 6.18. The van der Waals surface area contributed by atoms with Gasteiger partial charge in [0, 0.05) is 17.5 Å². The summed E-state index contributed by atoms with van der Waals surface area (Å²) in [5.41, 5.74) is 8.94. The maximum atomic E-state index is 5.78. The Balaban J connectivity index is 1.96. The number of rotatable bonds is 4. The van der Waals surface area contributed by atoms with Crippen molar-refractivity contribution < 1.29 is 0 Å². The van der Waals surface area contributed by atoms with Gasteiger partial charge in [-0.05, 0) is 43.2 Å². The Morgan fingerprint density at radius 1 is 1.44 bits per heavy atom. The monoisotopic (exact) mass is 235 g/mol. The van der Waals surface area contributed by atoms with Gasteiger partial charge in [-0.2, -0.15) is 11.8 Å². The van der Waals surface area contributed by atoms with E-state index in [4.69, 9.17) is 5.73 Å². The summed E-state index contributed by atoms with van der Waals surface area (Å²) in [5.74, 6) is 3.07. The summed E-state index contributed by atoms with van der Waals surface area (Å²) >= 11 is 2.01. The highest BCUT2D eigenvalue weighted by Gasteiger charge is 2.19. The van der Waals surface area contributed by atoms with Gasteiger partial charge >= 0.3 is 0 Å². The van der Waals surface area contributed by atoms with Gasteiger partial charge in [-0.1, -0.05) is 24.3 Å². The lowest BCUT2D eigenvalue weighted by Crippen LogP contribution is -2.19. The lowest BCUT2D eigenvalue weighted by Gasteiger charge is -2.25. The van der Waals surface area contributed by atoms with Crippen molar-refractivity contribution >= 4 is 11.8 Å². The second-order valence-corrected chi connectivity index (χ2v) is 5.88. The molecule has 0 bridgehead atoms. The number of nitrogens with two attached hydrogens (primary N) is 1. The van der Waals surface area contributed by atoms with Gasteiger partial charge < -0.3 is 5.73 Å². The fourth-order valence-corrected chi connectivity index (χ4v) is 3.56. The molecule has 0 heterocycles. The number of benzene rings is 1. The molecule has 0 aliphatic heterocycles. The lowest BCUT2D eigenvalue weighted by molar-refractivity contribution is 0.596. The van der Waals surface area contributed by atoms with Crippen LogP contribution in [0, 0.1) is 0 Å². The van der Waals surface area contributed by atoms with Gasteiger partial charge in [0.15, 0.2) is 0 Å². The van der Waals surface area contributed by atoms with E-state index in [9.17, 15) is 0 Å². The van der Waals surface area contributed by atoms with E-state index in [1.807, 2.05) is 11.8 Å². The molecule has 0 saturated heterocycles.